The van der Waals surface area contributed by atoms with Crippen LogP contribution in [0.4, 0.5) is 0 Å². The molecule has 0 aliphatic heterocycles. The molecule has 0 fully saturated rings. The Hall–Kier alpha value is -1.81. The van der Waals surface area contributed by atoms with E-state index in [0.29, 0.717) is 6.61 Å². The van der Waals surface area contributed by atoms with Gasteiger partial charge in [-0.2, -0.15) is 0 Å². The monoisotopic (exact) mass is 344 g/mol. The Morgan fingerprint density at radius 3 is 2.76 bits per heavy atom. The first kappa shape index (κ1) is 14.1. The van der Waals surface area contributed by atoms with Crippen LogP contribution in [0.25, 0.3) is 5.52 Å². The van der Waals surface area contributed by atoms with Crippen LogP contribution in [-0.4, -0.2) is 16.0 Å². The molecule has 108 valence electrons. The van der Waals surface area contributed by atoms with Crippen molar-refractivity contribution in [1.82, 2.24) is 9.38 Å². The molecule has 0 aliphatic rings. The van der Waals surface area contributed by atoms with Crippen molar-refractivity contribution in [3.05, 3.63) is 64.1 Å². The summed E-state index contributed by atoms with van der Waals surface area (Å²) in [6, 6.07) is 14.3. The van der Waals surface area contributed by atoms with E-state index in [-0.39, 0.29) is 0 Å². The molecule has 0 unspecified atom stereocenters. The first-order chi connectivity index (χ1) is 10.1. The Bertz CT molecular complexity index is 780. The molecule has 2 aromatic heterocycles. The number of aryl methyl sites for hydroxylation is 2. The van der Waals surface area contributed by atoms with Crippen LogP contribution in [-0.2, 0) is 6.42 Å². The maximum Gasteiger partial charge on any atom is 0.132 e. The van der Waals surface area contributed by atoms with Gasteiger partial charge in [0.05, 0.1) is 12.1 Å². The van der Waals surface area contributed by atoms with E-state index >= 15 is 0 Å². The van der Waals surface area contributed by atoms with Crippen LogP contribution in [0.3, 0.4) is 0 Å². The lowest BCUT2D eigenvalue weighted by molar-refractivity contribution is 0.318. The molecule has 0 radical (unpaired) electrons. The first-order valence-electron chi connectivity index (χ1n) is 6.97. The van der Waals surface area contributed by atoms with E-state index in [0.717, 1.165) is 28.1 Å². The SMILES string of the molecule is Cc1cccc(OCCc2nc(Br)c3cccc(C)n23)c1. The summed E-state index contributed by atoms with van der Waals surface area (Å²) in [6.07, 6.45) is 0.769. The van der Waals surface area contributed by atoms with Gasteiger partial charge in [-0.15, -0.1) is 0 Å². The largest absolute Gasteiger partial charge is 0.493 e. The number of ether oxygens (including phenoxy) is 1. The molecule has 0 saturated carbocycles. The summed E-state index contributed by atoms with van der Waals surface area (Å²) in [4.78, 5) is 4.60. The molecular formula is C17H17BrN2O. The average molecular weight is 345 g/mol. The summed E-state index contributed by atoms with van der Waals surface area (Å²) in [5.41, 5.74) is 3.48. The second-order valence-electron chi connectivity index (χ2n) is 5.12. The van der Waals surface area contributed by atoms with Gasteiger partial charge in [0, 0.05) is 12.1 Å². The van der Waals surface area contributed by atoms with Crippen LogP contribution in [0.2, 0.25) is 0 Å². The molecule has 2 heterocycles. The van der Waals surface area contributed by atoms with E-state index in [1.54, 1.807) is 0 Å². The van der Waals surface area contributed by atoms with E-state index in [2.05, 4.69) is 57.4 Å². The van der Waals surface area contributed by atoms with E-state index in [1.165, 1.54) is 11.3 Å². The van der Waals surface area contributed by atoms with Gasteiger partial charge >= 0.3 is 0 Å². The highest BCUT2D eigenvalue weighted by Gasteiger charge is 2.10. The van der Waals surface area contributed by atoms with E-state index in [9.17, 15) is 0 Å². The van der Waals surface area contributed by atoms with Crippen molar-refractivity contribution >= 4 is 21.4 Å². The molecule has 0 bridgehead atoms. The highest BCUT2D eigenvalue weighted by atomic mass is 79.9. The zero-order valence-electron chi connectivity index (χ0n) is 12.1. The Kier molecular flexibility index (Phi) is 3.97. The quantitative estimate of drug-likeness (QED) is 0.703. The fourth-order valence-corrected chi connectivity index (χ4v) is 2.99. The maximum absolute atomic E-state index is 5.82. The number of pyridine rings is 1. The smallest absolute Gasteiger partial charge is 0.132 e. The van der Waals surface area contributed by atoms with Gasteiger partial charge in [0.2, 0.25) is 0 Å². The second kappa shape index (κ2) is 5.90. The van der Waals surface area contributed by atoms with Crippen molar-refractivity contribution in [2.45, 2.75) is 20.3 Å². The number of rotatable bonds is 4. The zero-order chi connectivity index (χ0) is 14.8. The topological polar surface area (TPSA) is 26.5 Å². The molecule has 21 heavy (non-hydrogen) atoms. The fraction of sp³-hybridized carbons (Fsp3) is 0.235. The zero-order valence-corrected chi connectivity index (χ0v) is 13.7. The minimum Gasteiger partial charge on any atom is -0.493 e. The van der Waals surface area contributed by atoms with Crippen LogP contribution in [0.15, 0.2) is 47.1 Å². The molecule has 3 nitrogen and oxygen atoms in total. The Morgan fingerprint density at radius 1 is 1.14 bits per heavy atom. The number of hydrogen-bond donors (Lipinski definition) is 0. The molecule has 0 atom stereocenters. The summed E-state index contributed by atoms with van der Waals surface area (Å²) >= 11 is 3.53. The van der Waals surface area contributed by atoms with E-state index in [4.69, 9.17) is 4.74 Å². The molecule has 0 saturated heterocycles. The Balaban J connectivity index is 1.77. The number of fused-ring (bicyclic) bond motifs is 1. The minimum absolute atomic E-state index is 0.614. The average Bonchev–Trinajstić information content (AvgIpc) is 2.77. The number of hydrogen-bond acceptors (Lipinski definition) is 2. The van der Waals surface area contributed by atoms with E-state index in [1.807, 2.05) is 24.3 Å². The fourth-order valence-electron chi connectivity index (χ4n) is 2.47. The molecule has 0 spiro atoms. The van der Waals surface area contributed by atoms with Gasteiger partial charge in [-0.1, -0.05) is 18.2 Å². The van der Waals surface area contributed by atoms with Crippen LogP contribution in [0.5, 0.6) is 5.75 Å². The predicted molar refractivity (Wildman–Crippen MR) is 88.0 cm³/mol. The predicted octanol–water partition coefficient (Wildman–Crippen LogP) is 4.34. The minimum atomic E-state index is 0.614. The molecule has 0 N–H and O–H groups in total. The number of aromatic nitrogens is 2. The highest BCUT2D eigenvalue weighted by Crippen LogP contribution is 2.21. The summed E-state index contributed by atoms with van der Waals surface area (Å²) in [7, 11) is 0. The van der Waals surface area contributed by atoms with Gasteiger partial charge in [0.25, 0.3) is 0 Å². The number of halogens is 1. The molecule has 3 rings (SSSR count). The van der Waals surface area contributed by atoms with Crippen LogP contribution < -0.4 is 4.74 Å². The molecule has 3 aromatic rings. The Morgan fingerprint density at radius 2 is 1.95 bits per heavy atom. The molecule has 4 heteroatoms. The van der Waals surface area contributed by atoms with Gasteiger partial charge in [-0.25, -0.2) is 4.98 Å². The second-order valence-corrected chi connectivity index (χ2v) is 5.87. The highest BCUT2D eigenvalue weighted by molar-refractivity contribution is 9.10. The van der Waals surface area contributed by atoms with Gasteiger partial charge in [-0.05, 0) is 59.6 Å². The van der Waals surface area contributed by atoms with Crippen molar-refractivity contribution in [3.8, 4) is 5.75 Å². The summed E-state index contributed by atoms with van der Waals surface area (Å²) in [5, 5.41) is 0. The van der Waals surface area contributed by atoms with Gasteiger partial charge in [0.15, 0.2) is 0 Å². The lowest BCUT2D eigenvalue weighted by Gasteiger charge is -2.07. The van der Waals surface area contributed by atoms with Crippen molar-refractivity contribution in [3.63, 3.8) is 0 Å². The summed E-state index contributed by atoms with van der Waals surface area (Å²) in [5.74, 6) is 1.93. The van der Waals surface area contributed by atoms with E-state index < -0.39 is 0 Å². The van der Waals surface area contributed by atoms with Crippen LogP contribution >= 0.6 is 15.9 Å². The van der Waals surface area contributed by atoms with Crippen molar-refractivity contribution in [2.75, 3.05) is 6.61 Å². The molecule has 0 aliphatic carbocycles. The van der Waals surface area contributed by atoms with Crippen molar-refractivity contribution in [2.24, 2.45) is 0 Å². The summed E-state index contributed by atoms with van der Waals surface area (Å²) in [6.45, 7) is 4.77. The third kappa shape index (κ3) is 2.95. The lowest BCUT2D eigenvalue weighted by atomic mass is 10.2. The standard InChI is InChI=1S/C17H17BrN2O/c1-12-5-3-7-14(11-12)21-10-9-16-19-17(18)15-8-4-6-13(2)20(15)16/h3-8,11H,9-10H2,1-2H3. The molecule has 1 aromatic carbocycles. The van der Waals surface area contributed by atoms with Crippen LogP contribution in [0.1, 0.15) is 17.1 Å². The molecule has 0 amide bonds. The van der Waals surface area contributed by atoms with Gasteiger partial charge in [-0.3, -0.25) is 4.40 Å². The third-order valence-electron chi connectivity index (χ3n) is 3.47. The normalized spacial score (nSPS) is 11.0. The third-order valence-corrected chi connectivity index (χ3v) is 4.05. The first-order valence-corrected chi connectivity index (χ1v) is 7.76. The number of benzene rings is 1. The molecular weight excluding hydrogens is 328 g/mol. The van der Waals surface area contributed by atoms with Crippen molar-refractivity contribution < 1.29 is 4.74 Å². The maximum atomic E-state index is 5.82. The Labute approximate surface area is 132 Å². The number of imidazole rings is 1. The van der Waals surface area contributed by atoms with Crippen LogP contribution in [0, 0.1) is 13.8 Å². The summed E-state index contributed by atoms with van der Waals surface area (Å²) < 4.78 is 8.88. The lowest BCUT2D eigenvalue weighted by Crippen LogP contribution is -2.06. The van der Waals surface area contributed by atoms with Gasteiger partial charge in [0.1, 0.15) is 16.2 Å². The number of nitrogens with zero attached hydrogens (tertiary/aromatic N) is 2. The van der Waals surface area contributed by atoms with Gasteiger partial charge < -0.3 is 4.74 Å². The van der Waals surface area contributed by atoms with Crippen molar-refractivity contribution in [1.29, 1.82) is 0 Å².